The number of amides is 1. The van der Waals surface area contributed by atoms with Crippen LogP contribution in [-0.4, -0.2) is 33.9 Å². The van der Waals surface area contributed by atoms with Gasteiger partial charge in [0, 0.05) is 9.90 Å². The number of thiophene rings is 1. The van der Waals surface area contributed by atoms with Gasteiger partial charge in [-0.05, 0) is 61.6 Å². The number of rotatable bonds is 7. The zero-order chi connectivity index (χ0) is 25.2. The Morgan fingerprint density at radius 2 is 1.80 bits per heavy atom. The molecule has 0 radical (unpaired) electrons. The van der Waals surface area contributed by atoms with Crippen LogP contribution in [0.3, 0.4) is 0 Å². The third-order valence-corrected chi connectivity index (χ3v) is 9.13. The summed E-state index contributed by atoms with van der Waals surface area (Å²) < 4.78 is 32.9. The van der Waals surface area contributed by atoms with Gasteiger partial charge in [0.2, 0.25) is 5.91 Å². The fourth-order valence-corrected chi connectivity index (χ4v) is 7.29. The Hall–Kier alpha value is -2.59. The Bertz CT molecular complexity index is 1370. The van der Waals surface area contributed by atoms with Gasteiger partial charge in [0.05, 0.1) is 28.3 Å². The lowest BCUT2D eigenvalue weighted by molar-refractivity contribution is -0.114. The number of carbonyl (C=O) groups excluding carboxylic acids is 2. The van der Waals surface area contributed by atoms with Crippen LogP contribution in [0, 0.1) is 0 Å². The number of methoxy groups -OCH3 is 1. The number of halogens is 2. The van der Waals surface area contributed by atoms with E-state index in [0.717, 1.165) is 40.4 Å². The summed E-state index contributed by atoms with van der Waals surface area (Å²) in [7, 11) is -2.86. The summed E-state index contributed by atoms with van der Waals surface area (Å²) in [5.74, 6) is -1.16. The van der Waals surface area contributed by atoms with Crippen LogP contribution in [0.4, 0.5) is 10.7 Å². The van der Waals surface area contributed by atoms with Crippen molar-refractivity contribution in [2.24, 2.45) is 0 Å². The topological polar surface area (TPSA) is 92.8 Å². The number of nitrogens with zero attached hydrogens (tertiary/aromatic N) is 1. The van der Waals surface area contributed by atoms with Crippen LogP contribution >= 0.6 is 34.5 Å². The Morgan fingerprint density at radius 3 is 2.49 bits per heavy atom. The molecule has 0 unspecified atom stereocenters. The van der Waals surface area contributed by atoms with Crippen molar-refractivity contribution < 1.29 is 22.7 Å². The molecule has 7 nitrogen and oxygen atoms in total. The van der Waals surface area contributed by atoms with Crippen LogP contribution in [0.25, 0.3) is 0 Å². The number of aryl methyl sites for hydroxylation is 1. The minimum Gasteiger partial charge on any atom is -0.465 e. The van der Waals surface area contributed by atoms with Crippen molar-refractivity contribution >= 4 is 67.1 Å². The molecule has 1 aliphatic carbocycles. The van der Waals surface area contributed by atoms with Crippen LogP contribution in [0.15, 0.2) is 53.4 Å². The third-order valence-electron chi connectivity index (χ3n) is 5.61. The number of benzene rings is 2. The number of fused-ring (bicyclic) bond motifs is 1. The highest BCUT2D eigenvalue weighted by Crippen LogP contribution is 2.39. The highest BCUT2D eigenvalue weighted by molar-refractivity contribution is 7.92. The van der Waals surface area contributed by atoms with E-state index in [1.807, 2.05) is 0 Å². The molecule has 1 amide bonds. The fraction of sp³-hybridized carbons (Fsp3) is 0.250. The smallest absolute Gasteiger partial charge is 0.341 e. The number of hydrogen-bond acceptors (Lipinski definition) is 6. The number of nitrogens with one attached hydrogen (secondary N) is 1. The summed E-state index contributed by atoms with van der Waals surface area (Å²) in [6.45, 7) is -0.568. The van der Waals surface area contributed by atoms with Crippen molar-refractivity contribution in [3.8, 4) is 0 Å². The van der Waals surface area contributed by atoms with E-state index in [0.29, 0.717) is 15.6 Å². The second kappa shape index (κ2) is 10.6. The summed E-state index contributed by atoms with van der Waals surface area (Å²) in [4.78, 5) is 26.7. The van der Waals surface area contributed by atoms with Gasteiger partial charge in [0.1, 0.15) is 11.5 Å². The van der Waals surface area contributed by atoms with Gasteiger partial charge in [0.25, 0.3) is 10.0 Å². The maximum atomic E-state index is 13.5. The Labute approximate surface area is 217 Å². The number of carbonyl (C=O) groups is 2. The first kappa shape index (κ1) is 25.5. The number of sulfonamides is 1. The second-order valence-electron chi connectivity index (χ2n) is 7.88. The largest absolute Gasteiger partial charge is 0.465 e. The molecular weight excluding hydrogens is 531 g/mol. The second-order valence-corrected chi connectivity index (χ2v) is 11.7. The fourth-order valence-electron chi connectivity index (χ4n) is 3.97. The molecule has 3 aromatic rings. The monoisotopic (exact) mass is 552 g/mol. The molecule has 4 rings (SSSR count). The van der Waals surface area contributed by atoms with E-state index < -0.39 is 28.4 Å². The van der Waals surface area contributed by atoms with Gasteiger partial charge < -0.3 is 10.1 Å². The van der Waals surface area contributed by atoms with Gasteiger partial charge in [-0.2, -0.15) is 0 Å². The molecule has 11 heteroatoms. The molecule has 1 heterocycles. The van der Waals surface area contributed by atoms with E-state index in [4.69, 9.17) is 27.9 Å². The predicted octanol–water partition coefficient (Wildman–Crippen LogP) is 5.55. The first-order valence-corrected chi connectivity index (χ1v) is 13.8. The van der Waals surface area contributed by atoms with E-state index in [1.54, 1.807) is 18.2 Å². The number of esters is 1. The lowest BCUT2D eigenvalue weighted by atomic mass is 9.95. The van der Waals surface area contributed by atoms with Crippen LogP contribution in [-0.2, 0) is 32.4 Å². The molecule has 0 saturated carbocycles. The molecule has 0 atom stereocenters. The highest BCUT2D eigenvalue weighted by atomic mass is 35.5. The predicted molar refractivity (Wildman–Crippen MR) is 138 cm³/mol. The van der Waals surface area contributed by atoms with Crippen LogP contribution < -0.4 is 9.62 Å². The van der Waals surface area contributed by atoms with Crippen molar-refractivity contribution in [2.45, 2.75) is 30.6 Å². The molecule has 0 bridgehead atoms. The molecule has 35 heavy (non-hydrogen) atoms. The normalized spacial score (nSPS) is 13.1. The Balaban J connectivity index is 1.70. The molecule has 0 aliphatic heterocycles. The summed E-state index contributed by atoms with van der Waals surface area (Å²) in [6, 6.07) is 12.1. The zero-order valence-electron chi connectivity index (χ0n) is 18.7. The van der Waals surface area contributed by atoms with E-state index in [-0.39, 0.29) is 15.6 Å². The standard InChI is InChI=1S/C24H22Cl2N2O5S2/c1-33-24(30)22-17-9-5-6-10-20(17)34-23(22)27-21(29)14-28(19-12-11-15(25)13-18(19)26)35(31,32)16-7-3-2-4-8-16/h2-4,7-8,11-13H,5-6,9-10,14H2,1H3,(H,27,29). The van der Waals surface area contributed by atoms with E-state index in [1.165, 1.54) is 48.8 Å². The van der Waals surface area contributed by atoms with Crippen molar-refractivity contribution in [1.82, 2.24) is 0 Å². The third kappa shape index (κ3) is 5.33. The average molecular weight is 553 g/mol. The maximum absolute atomic E-state index is 13.5. The van der Waals surface area contributed by atoms with Gasteiger partial charge in [-0.3, -0.25) is 9.10 Å². The first-order chi connectivity index (χ1) is 16.7. The molecule has 1 aliphatic rings. The van der Waals surface area contributed by atoms with Crippen molar-refractivity contribution in [3.63, 3.8) is 0 Å². The molecule has 0 spiro atoms. The Kier molecular flexibility index (Phi) is 7.70. The number of ether oxygens (including phenoxy) is 1. The molecular formula is C24H22Cl2N2O5S2. The maximum Gasteiger partial charge on any atom is 0.341 e. The molecule has 184 valence electrons. The molecule has 1 aromatic heterocycles. The van der Waals surface area contributed by atoms with Gasteiger partial charge in [-0.15, -0.1) is 11.3 Å². The van der Waals surface area contributed by atoms with Gasteiger partial charge in [0.15, 0.2) is 0 Å². The molecule has 2 aromatic carbocycles. The van der Waals surface area contributed by atoms with Gasteiger partial charge in [-0.25, -0.2) is 13.2 Å². The van der Waals surface area contributed by atoms with Crippen LogP contribution in [0.2, 0.25) is 10.0 Å². The molecule has 0 fully saturated rings. The molecule has 1 N–H and O–H groups in total. The van der Waals surface area contributed by atoms with Crippen molar-refractivity contribution in [3.05, 3.63) is 74.6 Å². The minimum absolute atomic E-state index is 0.000606. The summed E-state index contributed by atoms with van der Waals surface area (Å²) in [6.07, 6.45) is 3.48. The van der Waals surface area contributed by atoms with E-state index >= 15 is 0 Å². The van der Waals surface area contributed by atoms with Gasteiger partial charge >= 0.3 is 5.97 Å². The number of anilines is 2. The number of hydrogen-bond donors (Lipinski definition) is 1. The van der Waals surface area contributed by atoms with Crippen LogP contribution in [0.5, 0.6) is 0 Å². The summed E-state index contributed by atoms with van der Waals surface area (Å²) in [5, 5.41) is 3.50. The average Bonchev–Trinajstić information content (AvgIpc) is 3.20. The zero-order valence-corrected chi connectivity index (χ0v) is 21.9. The van der Waals surface area contributed by atoms with Crippen LogP contribution in [0.1, 0.15) is 33.6 Å². The quantitative estimate of drug-likeness (QED) is 0.387. The summed E-state index contributed by atoms with van der Waals surface area (Å²) >= 11 is 13.7. The van der Waals surface area contributed by atoms with Crippen molar-refractivity contribution in [2.75, 3.05) is 23.3 Å². The first-order valence-electron chi connectivity index (χ1n) is 10.8. The lowest BCUT2D eigenvalue weighted by Gasteiger charge is -2.25. The molecule has 0 saturated heterocycles. The SMILES string of the molecule is COC(=O)c1c(NC(=O)CN(c2ccc(Cl)cc2Cl)S(=O)(=O)c2ccccc2)sc2c1CCCC2. The lowest BCUT2D eigenvalue weighted by Crippen LogP contribution is -2.38. The summed E-state index contributed by atoms with van der Waals surface area (Å²) in [5.41, 5.74) is 1.33. The van der Waals surface area contributed by atoms with Crippen molar-refractivity contribution in [1.29, 1.82) is 0 Å². The minimum atomic E-state index is -4.15. The highest BCUT2D eigenvalue weighted by Gasteiger charge is 2.31. The van der Waals surface area contributed by atoms with Gasteiger partial charge in [-0.1, -0.05) is 41.4 Å². The Morgan fingerprint density at radius 1 is 1.09 bits per heavy atom. The van der Waals surface area contributed by atoms with E-state index in [2.05, 4.69) is 5.32 Å². The van der Waals surface area contributed by atoms with E-state index in [9.17, 15) is 18.0 Å².